The molecule has 7 nitrogen and oxygen atoms in total. The van der Waals surface area contributed by atoms with Gasteiger partial charge in [0.15, 0.2) is 0 Å². The number of carbonyl (C=O) groups excluding carboxylic acids is 3. The molecule has 1 fully saturated rings. The van der Waals surface area contributed by atoms with E-state index in [1.54, 1.807) is 31.4 Å². The van der Waals surface area contributed by atoms with Gasteiger partial charge in [-0.2, -0.15) is 0 Å². The van der Waals surface area contributed by atoms with Gasteiger partial charge in [-0.3, -0.25) is 14.5 Å². The molecule has 4 amide bonds. The van der Waals surface area contributed by atoms with Crippen LogP contribution < -0.4 is 15.4 Å². The van der Waals surface area contributed by atoms with Crippen LogP contribution in [0.1, 0.15) is 11.1 Å². The fourth-order valence-corrected chi connectivity index (χ4v) is 2.72. The van der Waals surface area contributed by atoms with Crippen LogP contribution in [0.25, 0.3) is 0 Å². The van der Waals surface area contributed by atoms with E-state index in [1.807, 2.05) is 24.3 Å². The predicted molar refractivity (Wildman–Crippen MR) is 95.7 cm³/mol. The molecule has 134 valence electrons. The highest BCUT2D eigenvalue weighted by atomic mass is 16.5. The second kappa shape index (κ2) is 7.69. The number of ether oxygens (including phenoxy) is 1. The number of nitrogens with one attached hydrogen (secondary N) is 2. The molecule has 2 aromatic carbocycles. The van der Waals surface area contributed by atoms with Gasteiger partial charge in [-0.05, 0) is 35.4 Å². The summed E-state index contributed by atoms with van der Waals surface area (Å²) in [5.74, 6) is 0.277. The molecule has 2 N–H and O–H groups in total. The summed E-state index contributed by atoms with van der Waals surface area (Å²) >= 11 is 0. The number of benzene rings is 2. The molecule has 0 radical (unpaired) electrons. The van der Waals surface area contributed by atoms with Crippen LogP contribution in [0.5, 0.6) is 5.75 Å². The van der Waals surface area contributed by atoms with E-state index in [-0.39, 0.29) is 31.3 Å². The van der Waals surface area contributed by atoms with Crippen molar-refractivity contribution in [3.05, 3.63) is 59.7 Å². The van der Waals surface area contributed by atoms with E-state index in [1.165, 1.54) is 0 Å². The highest BCUT2D eigenvalue weighted by Gasteiger charge is 2.28. The summed E-state index contributed by atoms with van der Waals surface area (Å²) in [6.07, 6.45) is 0.217. The van der Waals surface area contributed by atoms with Gasteiger partial charge < -0.3 is 15.4 Å². The molecule has 7 heteroatoms. The first kappa shape index (κ1) is 17.5. The van der Waals surface area contributed by atoms with Crippen molar-refractivity contribution in [2.24, 2.45) is 0 Å². The fourth-order valence-electron chi connectivity index (χ4n) is 2.72. The predicted octanol–water partition coefficient (Wildman–Crippen LogP) is 1.93. The number of rotatable bonds is 6. The lowest BCUT2D eigenvalue weighted by Gasteiger charge is -2.13. The van der Waals surface area contributed by atoms with Crippen molar-refractivity contribution in [2.45, 2.75) is 13.0 Å². The van der Waals surface area contributed by atoms with Gasteiger partial charge in [0, 0.05) is 5.69 Å². The van der Waals surface area contributed by atoms with Crippen molar-refractivity contribution >= 4 is 23.5 Å². The Kier molecular flexibility index (Phi) is 5.17. The van der Waals surface area contributed by atoms with Gasteiger partial charge in [-0.15, -0.1) is 0 Å². The van der Waals surface area contributed by atoms with Crippen molar-refractivity contribution < 1.29 is 19.1 Å². The Bertz CT molecular complexity index is 834. The molecule has 1 aliphatic rings. The molecule has 2 aromatic rings. The van der Waals surface area contributed by atoms with Crippen LogP contribution in [-0.2, 0) is 22.6 Å². The number of carbonyl (C=O) groups is 3. The van der Waals surface area contributed by atoms with Gasteiger partial charge in [0.1, 0.15) is 5.75 Å². The van der Waals surface area contributed by atoms with E-state index >= 15 is 0 Å². The zero-order valence-corrected chi connectivity index (χ0v) is 14.3. The lowest BCUT2D eigenvalue weighted by Crippen LogP contribution is -2.30. The molecule has 1 aliphatic heterocycles. The smallest absolute Gasteiger partial charge is 0.324 e. The number of urea groups is 1. The summed E-state index contributed by atoms with van der Waals surface area (Å²) in [6, 6.07) is 14.0. The molecule has 0 bridgehead atoms. The minimum absolute atomic E-state index is 0.0236. The Labute approximate surface area is 150 Å². The molecular formula is C19H19N3O4. The number of nitrogens with zero attached hydrogens (tertiary/aromatic N) is 1. The largest absolute Gasteiger partial charge is 0.497 e. The molecule has 0 aromatic heterocycles. The van der Waals surface area contributed by atoms with Crippen LogP contribution >= 0.6 is 0 Å². The summed E-state index contributed by atoms with van der Waals surface area (Å²) in [6.45, 7) is 0.195. The zero-order chi connectivity index (χ0) is 18.5. The monoisotopic (exact) mass is 353 g/mol. The molecule has 26 heavy (non-hydrogen) atoms. The second-order valence-corrected chi connectivity index (χ2v) is 5.92. The maximum atomic E-state index is 12.3. The highest BCUT2D eigenvalue weighted by molar-refractivity contribution is 6.01. The van der Waals surface area contributed by atoms with Crippen molar-refractivity contribution in [3.8, 4) is 5.75 Å². The van der Waals surface area contributed by atoms with Gasteiger partial charge in [0.05, 0.1) is 26.6 Å². The summed E-state index contributed by atoms with van der Waals surface area (Å²) in [5, 5.41) is 5.31. The van der Waals surface area contributed by atoms with E-state index < -0.39 is 6.03 Å². The third-order valence-electron chi connectivity index (χ3n) is 3.99. The Hall–Kier alpha value is -3.35. The third-order valence-corrected chi connectivity index (χ3v) is 3.99. The molecule has 0 spiro atoms. The third kappa shape index (κ3) is 4.18. The van der Waals surface area contributed by atoms with E-state index in [2.05, 4.69) is 10.6 Å². The van der Waals surface area contributed by atoms with Gasteiger partial charge >= 0.3 is 6.03 Å². The van der Waals surface area contributed by atoms with Crippen molar-refractivity contribution in [1.82, 2.24) is 10.2 Å². The van der Waals surface area contributed by atoms with Crippen LogP contribution in [-0.4, -0.2) is 36.4 Å². The zero-order valence-electron chi connectivity index (χ0n) is 14.3. The fraction of sp³-hybridized carbons (Fsp3) is 0.211. The first-order valence-corrected chi connectivity index (χ1v) is 8.15. The van der Waals surface area contributed by atoms with E-state index in [0.29, 0.717) is 11.4 Å². The van der Waals surface area contributed by atoms with Gasteiger partial charge in [-0.1, -0.05) is 24.3 Å². The van der Waals surface area contributed by atoms with Crippen molar-refractivity contribution in [3.63, 3.8) is 0 Å². The average Bonchev–Trinajstić information content (AvgIpc) is 2.94. The Morgan fingerprint density at radius 3 is 2.65 bits per heavy atom. The average molecular weight is 353 g/mol. The molecule has 0 aliphatic carbocycles. The molecule has 1 saturated heterocycles. The normalized spacial score (nSPS) is 13.5. The standard InChI is InChI=1S/C19H19N3O4/c1-26-16-7-3-4-13(9-16)10-17(23)21-15-6-2-5-14(8-15)12-22-18(24)11-20-19(22)25/h2-9H,10-12H2,1H3,(H,20,25)(H,21,23). The van der Waals surface area contributed by atoms with Gasteiger partial charge in [-0.25, -0.2) is 4.79 Å². The molecule has 0 saturated carbocycles. The van der Waals surface area contributed by atoms with Crippen molar-refractivity contribution in [2.75, 3.05) is 19.0 Å². The lowest BCUT2D eigenvalue weighted by molar-refractivity contribution is -0.125. The van der Waals surface area contributed by atoms with E-state index in [4.69, 9.17) is 4.74 Å². The number of amides is 4. The summed E-state index contributed by atoms with van der Waals surface area (Å²) in [5.41, 5.74) is 2.22. The van der Waals surface area contributed by atoms with Crippen LogP contribution in [0.15, 0.2) is 48.5 Å². The molecule has 0 atom stereocenters. The lowest BCUT2D eigenvalue weighted by atomic mass is 10.1. The van der Waals surface area contributed by atoms with Crippen molar-refractivity contribution in [1.29, 1.82) is 0 Å². The minimum atomic E-state index is -0.400. The Morgan fingerprint density at radius 1 is 1.15 bits per heavy atom. The molecule has 3 rings (SSSR count). The van der Waals surface area contributed by atoms with E-state index in [0.717, 1.165) is 16.0 Å². The highest BCUT2D eigenvalue weighted by Crippen LogP contribution is 2.16. The maximum absolute atomic E-state index is 12.3. The summed E-state index contributed by atoms with van der Waals surface area (Å²) < 4.78 is 5.15. The molecular weight excluding hydrogens is 334 g/mol. The first-order chi connectivity index (χ1) is 12.5. The molecule has 0 unspecified atom stereocenters. The Morgan fingerprint density at radius 2 is 1.92 bits per heavy atom. The summed E-state index contributed by atoms with van der Waals surface area (Å²) in [4.78, 5) is 36.7. The number of anilines is 1. The van der Waals surface area contributed by atoms with Crippen LogP contribution in [0.4, 0.5) is 10.5 Å². The number of hydrogen-bond donors (Lipinski definition) is 2. The van der Waals surface area contributed by atoms with Gasteiger partial charge in [0.25, 0.3) is 0 Å². The molecule has 1 heterocycles. The van der Waals surface area contributed by atoms with E-state index in [9.17, 15) is 14.4 Å². The maximum Gasteiger partial charge on any atom is 0.324 e. The quantitative estimate of drug-likeness (QED) is 0.777. The summed E-state index contributed by atoms with van der Waals surface area (Å²) in [7, 11) is 1.58. The second-order valence-electron chi connectivity index (χ2n) is 5.92. The topological polar surface area (TPSA) is 87.7 Å². The first-order valence-electron chi connectivity index (χ1n) is 8.15. The number of hydrogen-bond acceptors (Lipinski definition) is 4. The van der Waals surface area contributed by atoms with Crippen LogP contribution in [0.2, 0.25) is 0 Å². The van der Waals surface area contributed by atoms with Gasteiger partial charge in [0.2, 0.25) is 11.8 Å². The SMILES string of the molecule is COc1cccc(CC(=O)Nc2cccc(CN3C(=O)CNC3=O)c2)c1. The van der Waals surface area contributed by atoms with Crippen LogP contribution in [0, 0.1) is 0 Å². The Balaban J connectivity index is 1.63. The van der Waals surface area contributed by atoms with Crippen LogP contribution in [0.3, 0.4) is 0 Å². The number of methoxy groups -OCH3 is 1. The number of imide groups is 1. The minimum Gasteiger partial charge on any atom is -0.497 e.